The van der Waals surface area contributed by atoms with Crippen LogP contribution in [0, 0.1) is 13.8 Å². The highest BCUT2D eigenvalue weighted by Gasteiger charge is 2.20. The maximum Gasteiger partial charge on any atom is 0.277 e. The van der Waals surface area contributed by atoms with Gasteiger partial charge in [-0.2, -0.15) is 10.2 Å². The molecule has 0 bridgehead atoms. The zero-order valence-electron chi connectivity index (χ0n) is 11.6. The molecular formula is C12H18N6O. The Morgan fingerprint density at radius 2 is 2.11 bits per heavy atom. The van der Waals surface area contributed by atoms with Crippen molar-refractivity contribution in [2.24, 2.45) is 7.05 Å². The Bertz CT molecular complexity index is 624. The van der Waals surface area contributed by atoms with Crippen LogP contribution >= 0.6 is 0 Å². The normalized spacial score (nSPS) is 10.7. The molecule has 0 saturated carbocycles. The molecule has 0 fully saturated rings. The molecule has 19 heavy (non-hydrogen) atoms. The maximum absolute atomic E-state index is 12.3. The van der Waals surface area contributed by atoms with Crippen LogP contribution in [0.4, 0.5) is 11.5 Å². The van der Waals surface area contributed by atoms with Gasteiger partial charge >= 0.3 is 0 Å². The van der Waals surface area contributed by atoms with Crippen molar-refractivity contribution in [2.75, 3.05) is 11.1 Å². The number of nitrogens with two attached hydrogens (primary N) is 1. The van der Waals surface area contributed by atoms with Gasteiger partial charge in [0, 0.05) is 19.7 Å². The van der Waals surface area contributed by atoms with Crippen molar-refractivity contribution in [3.63, 3.8) is 0 Å². The zero-order valence-corrected chi connectivity index (χ0v) is 11.6. The Balaban J connectivity index is 2.32. The number of hydrogen-bond acceptors (Lipinski definition) is 4. The van der Waals surface area contributed by atoms with Crippen molar-refractivity contribution in [3.05, 3.63) is 23.1 Å². The highest BCUT2D eigenvalue weighted by Crippen LogP contribution is 2.18. The minimum absolute atomic E-state index is 0.275. The van der Waals surface area contributed by atoms with Crippen molar-refractivity contribution in [2.45, 2.75) is 27.3 Å². The van der Waals surface area contributed by atoms with Crippen molar-refractivity contribution < 1.29 is 4.79 Å². The fraction of sp³-hybridized carbons (Fsp3) is 0.417. The van der Waals surface area contributed by atoms with E-state index in [2.05, 4.69) is 15.5 Å². The summed E-state index contributed by atoms with van der Waals surface area (Å²) in [5.74, 6) is 0.353. The lowest BCUT2D eigenvalue weighted by atomic mass is 10.3. The van der Waals surface area contributed by atoms with E-state index < -0.39 is 0 Å². The van der Waals surface area contributed by atoms with E-state index in [0.29, 0.717) is 29.4 Å². The Morgan fingerprint density at radius 1 is 1.42 bits per heavy atom. The third kappa shape index (κ3) is 2.31. The molecule has 7 nitrogen and oxygen atoms in total. The smallest absolute Gasteiger partial charge is 0.277 e. The number of amides is 1. The van der Waals surface area contributed by atoms with Gasteiger partial charge in [0.2, 0.25) is 0 Å². The number of nitrogens with zero attached hydrogens (tertiary/aromatic N) is 4. The first-order valence-electron chi connectivity index (χ1n) is 6.09. The Morgan fingerprint density at radius 3 is 2.63 bits per heavy atom. The third-order valence-electron chi connectivity index (χ3n) is 2.93. The number of carbonyl (C=O) groups excluding carboxylic acids is 1. The Hall–Kier alpha value is -2.31. The Labute approximate surface area is 111 Å². The topological polar surface area (TPSA) is 90.8 Å². The van der Waals surface area contributed by atoms with Crippen molar-refractivity contribution in [3.8, 4) is 0 Å². The molecule has 0 unspecified atom stereocenters. The summed E-state index contributed by atoms with van der Waals surface area (Å²) < 4.78 is 3.21. The number of nitrogens with one attached hydrogen (secondary N) is 1. The summed E-state index contributed by atoms with van der Waals surface area (Å²) in [5, 5.41) is 11.2. The van der Waals surface area contributed by atoms with Gasteiger partial charge in [-0.1, -0.05) is 0 Å². The van der Waals surface area contributed by atoms with Crippen LogP contribution < -0.4 is 11.1 Å². The first-order chi connectivity index (χ1) is 8.93. The van der Waals surface area contributed by atoms with E-state index >= 15 is 0 Å². The van der Waals surface area contributed by atoms with E-state index in [0.717, 1.165) is 5.69 Å². The highest BCUT2D eigenvalue weighted by atomic mass is 16.2. The molecule has 0 saturated heterocycles. The van der Waals surface area contributed by atoms with Crippen LogP contribution in [0.25, 0.3) is 0 Å². The summed E-state index contributed by atoms with van der Waals surface area (Å²) in [5.41, 5.74) is 8.21. The molecule has 0 aliphatic rings. The van der Waals surface area contributed by atoms with Gasteiger partial charge in [-0.25, -0.2) is 0 Å². The molecule has 0 aliphatic carbocycles. The fourth-order valence-electron chi connectivity index (χ4n) is 1.97. The maximum atomic E-state index is 12.3. The SMILES string of the molecule is CCn1nc(C)c(N)c1C(=O)Nc1cc(C)nn1C. The summed E-state index contributed by atoms with van der Waals surface area (Å²) in [6, 6.07) is 1.80. The number of carbonyl (C=O) groups is 1. The van der Waals surface area contributed by atoms with Gasteiger partial charge in [0.1, 0.15) is 11.5 Å². The zero-order chi connectivity index (χ0) is 14.2. The average Bonchev–Trinajstić information content (AvgIpc) is 2.80. The van der Waals surface area contributed by atoms with E-state index in [4.69, 9.17) is 5.73 Å². The highest BCUT2D eigenvalue weighted by molar-refractivity contribution is 6.06. The molecule has 0 radical (unpaired) electrons. The minimum atomic E-state index is -0.275. The van der Waals surface area contributed by atoms with Gasteiger partial charge in [0.25, 0.3) is 5.91 Å². The predicted molar refractivity (Wildman–Crippen MR) is 72.9 cm³/mol. The molecule has 2 rings (SSSR count). The molecule has 2 aromatic heterocycles. The number of anilines is 2. The number of aryl methyl sites for hydroxylation is 4. The van der Waals surface area contributed by atoms with Gasteiger partial charge < -0.3 is 11.1 Å². The van der Waals surface area contributed by atoms with Crippen LogP contribution in [-0.2, 0) is 13.6 Å². The second kappa shape index (κ2) is 4.75. The van der Waals surface area contributed by atoms with Gasteiger partial charge in [-0.05, 0) is 20.8 Å². The van der Waals surface area contributed by atoms with Gasteiger partial charge in [-0.3, -0.25) is 14.2 Å². The van der Waals surface area contributed by atoms with Crippen molar-refractivity contribution in [1.82, 2.24) is 19.6 Å². The molecule has 0 aliphatic heterocycles. The predicted octanol–water partition coefficient (Wildman–Crippen LogP) is 1.09. The van der Waals surface area contributed by atoms with Crippen LogP contribution in [0.1, 0.15) is 28.8 Å². The van der Waals surface area contributed by atoms with Crippen LogP contribution in [0.2, 0.25) is 0 Å². The van der Waals surface area contributed by atoms with E-state index in [1.165, 1.54) is 0 Å². The number of rotatable bonds is 3. The lowest BCUT2D eigenvalue weighted by Gasteiger charge is -2.07. The van der Waals surface area contributed by atoms with Crippen molar-refractivity contribution >= 4 is 17.4 Å². The van der Waals surface area contributed by atoms with E-state index in [1.807, 2.05) is 13.8 Å². The number of aromatic nitrogens is 4. The quantitative estimate of drug-likeness (QED) is 0.866. The van der Waals surface area contributed by atoms with Crippen LogP contribution in [0.15, 0.2) is 6.07 Å². The minimum Gasteiger partial charge on any atom is -0.395 e. The first-order valence-corrected chi connectivity index (χ1v) is 6.09. The van der Waals surface area contributed by atoms with Gasteiger partial charge in [-0.15, -0.1) is 0 Å². The fourth-order valence-corrected chi connectivity index (χ4v) is 1.97. The monoisotopic (exact) mass is 262 g/mol. The first kappa shape index (κ1) is 13.1. The van der Waals surface area contributed by atoms with Gasteiger partial charge in [0.05, 0.1) is 17.1 Å². The Kier molecular flexibility index (Phi) is 3.28. The van der Waals surface area contributed by atoms with E-state index in [-0.39, 0.29) is 5.91 Å². The molecule has 2 heterocycles. The molecular weight excluding hydrogens is 244 g/mol. The third-order valence-corrected chi connectivity index (χ3v) is 2.93. The lowest BCUT2D eigenvalue weighted by molar-refractivity contribution is 0.101. The molecule has 0 atom stereocenters. The van der Waals surface area contributed by atoms with Crippen LogP contribution in [0.3, 0.4) is 0 Å². The molecule has 2 aromatic rings. The van der Waals surface area contributed by atoms with Gasteiger partial charge in [0.15, 0.2) is 0 Å². The summed E-state index contributed by atoms with van der Waals surface area (Å²) >= 11 is 0. The van der Waals surface area contributed by atoms with Crippen molar-refractivity contribution in [1.29, 1.82) is 0 Å². The molecule has 0 spiro atoms. The molecule has 7 heteroatoms. The number of nitrogen functional groups attached to an aromatic ring is 1. The molecule has 0 aromatic carbocycles. The summed E-state index contributed by atoms with van der Waals surface area (Å²) in [4.78, 5) is 12.3. The van der Waals surface area contributed by atoms with E-state index in [1.54, 1.807) is 29.4 Å². The number of hydrogen-bond donors (Lipinski definition) is 2. The second-order valence-electron chi connectivity index (χ2n) is 4.41. The van der Waals surface area contributed by atoms with Crippen LogP contribution in [-0.4, -0.2) is 25.5 Å². The average molecular weight is 262 g/mol. The standard InChI is InChI=1S/C12H18N6O/c1-5-18-11(10(13)8(3)16-18)12(19)14-9-6-7(2)15-17(9)4/h6H,5,13H2,1-4H3,(H,14,19). The summed E-state index contributed by atoms with van der Waals surface area (Å²) in [6.07, 6.45) is 0. The molecule has 102 valence electrons. The second-order valence-corrected chi connectivity index (χ2v) is 4.41. The molecule has 3 N–H and O–H groups in total. The lowest BCUT2D eigenvalue weighted by Crippen LogP contribution is -2.20. The largest absolute Gasteiger partial charge is 0.395 e. The van der Waals surface area contributed by atoms with E-state index in [9.17, 15) is 4.79 Å². The summed E-state index contributed by atoms with van der Waals surface area (Å²) in [6.45, 7) is 6.15. The molecule has 1 amide bonds. The summed E-state index contributed by atoms with van der Waals surface area (Å²) in [7, 11) is 1.77. The van der Waals surface area contributed by atoms with Crippen LogP contribution in [0.5, 0.6) is 0 Å².